The van der Waals surface area contributed by atoms with Gasteiger partial charge in [-0.15, -0.1) is 0 Å². The minimum absolute atomic E-state index is 0.0297. The minimum atomic E-state index is -0.232. The second-order valence-corrected chi connectivity index (χ2v) is 7.95. The molecule has 32 heavy (non-hydrogen) atoms. The van der Waals surface area contributed by atoms with E-state index < -0.39 is 0 Å². The van der Waals surface area contributed by atoms with Crippen LogP contribution in [0.1, 0.15) is 44.5 Å². The fourth-order valence-corrected chi connectivity index (χ4v) is 3.95. The minimum Gasteiger partial charge on any atom is -0.384 e. The standard InChI is InChI=1S/C25H30N6O/c1-5-16(4)27-25(32)21-22-24(29-20-11-9-8-10-19(20)28-22)31(23(21)26)18-14-12-17(13-15-18)30(6-2)7-3/h8-16H,5-7,26H2,1-4H3,(H,27,32)/t16-/m1/s1. The summed E-state index contributed by atoms with van der Waals surface area (Å²) in [6.45, 7) is 10.1. The van der Waals surface area contributed by atoms with Gasteiger partial charge in [-0.3, -0.25) is 9.36 Å². The molecule has 0 bridgehead atoms. The van der Waals surface area contributed by atoms with Crippen LogP contribution in [-0.4, -0.2) is 39.6 Å². The van der Waals surface area contributed by atoms with E-state index in [1.807, 2.05) is 54.8 Å². The summed E-state index contributed by atoms with van der Waals surface area (Å²) in [5.41, 5.74) is 11.5. The first kappa shape index (κ1) is 21.6. The molecule has 4 aromatic rings. The lowest BCUT2D eigenvalue weighted by molar-refractivity contribution is 0.0941. The molecular formula is C25H30N6O. The molecule has 0 spiro atoms. The third kappa shape index (κ3) is 3.75. The molecule has 166 valence electrons. The van der Waals surface area contributed by atoms with Crippen molar-refractivity contribution < 1.29 is 4.79 Å². The Kier molecular flexibility index (Phi) is 5.99. The Labute approximate surface area is 188 Å². The summed E-state index contributed by atoms with van der Waals surface area (Å²) in [5, 5.41) is 3.02. The van der Waals surface area contributed by atoms with E-state index in [1.54, 1.807) is 0 Å². The van der Waals surface area contributed by atoms with Crippen molar-refractivity contribution >= 4 is 39.6 Å². The molecule has 7 heteroatoms. The van der Waals surface area contributed by atoms with E-state index in [-0.39, 0.29) is 11.9 Å². The summed E-state index contributed by atoms with van der Waals surface area (Å²) in [7, 11) is 0. The summed E-state index contributed by atoms with van der Waals surface area (Å²) in [4.78, 5) is 25.1. The summed E-state index contributed by atoms with van der Waals surface area (Å²) in [5.74, 6) is 0.108. The van der Waals surface area contributed by atoms with Crippen LogP contribution < -0.4 is 16.0 Å². The second kappa shape index (κ2) is 8.86. The molecule has 0 saturated carbocycles. The zero-order valence-corrected chi connectivity index (χ0v) is 19.1. The molecule has 0 aliphatic heterocycles. The molecule has 0 unspecified atom stereocenters. The van der Waals surface area contributed by atoms with Gasteiger partial charge in [0.25, 0.3) is 5.91 Å². The summed E-state index contributed by atoms with van der Waals surface area (Å²) in [6.07, 6.45) is 0.825. The van der Waals surface area contributed by atoms with Crippen molar-refractivity contribution in [1.82, 2.24) is 19.9 Å². The van der Waals surface area contributed by atoms with Crippen molar-refractivity contribution in [1.29, 1.82) is 0 Å². The third-order valence-corrected chi connectivity index (χ3v) is 5.95. The molecule has 1 atom stereocenters. The Bertz CT molecular complexity index is 1260. The van der Waals surface area contributed by atoms with Gasteiger partial charge in [-0.1, -0.05) is 19.1 Å². The van der Waals surface area contributed by atoms with Crippen LogP contribution >= 0.6 is 0 Å². The van der Waals surface area contributed by atoms with E-state index in [0.717, 1.165) is 41.9 Å². The highest BCUT2D eigenvalue weighted by Crippen LogP contribution is 2.31. The predicted molar refractivity (Wildman–Crippen MR) is 132 cm³/mol. The van der Waals surface area contributed by atoms with Crippen LogP contribution in [0.2, 0.25) is 0 Å². The summed E-state index contributed by atoms with van der Waals surface area (Å²) in [6, 6.07) is 15.8. The van der Waals surface area contributed by atoms with Gasteiger partial charge in [0.1, 0.15) is 16.9 Å². The van der Waals surface area contributed by atoms with Crippen molar-refractivity contribution in [3.63, 3.8) is 0 Å². The van der Waals surface area contributed by atoms with Crippen molar-refractivity contribution in [2.24, 2.45) is 0 Å². The number of rotatable bonds is 7. The van der Waals surface area contributed by atoms with Gasteiger partial charge in [0, 0.05) is 30.5 Å². The molecule has 2 aromatic heterocycles. The monoisotopic (exact) mass is 430 g/mol. The SMILES string of the molecule is CC[C@@H](C)NC(=O)c1c(N)n(-c2ccc(N(CC)CC)cc2)c2nc3ccccc3nc12. The predicted octanol–water partition coefficient (Wildman–Crippen LogP) is 4.53. The number of fused-ring (bicyclic) bond motifs is 2. The van der Waals surface area contributed by atoms with Crippen LogP contribution in [-0.2, 0) is 0 Å². The Morgan fingerprint density at radius 3 is 2.25 bits per heavy atom. The number of anilines is 2. The highest BCUT2D eigenvalue weighted by atomic mass is 16.1. The van der Waals surface area contributed by atoms with Crippen LogP contribution in [0.5, 0.6) is 0 Å². The smallest absolute Gasteiger partial charge is 0.257 e. The Morgan fingerprint density at radius 2 is 1.66 bits per heavy atom. The van der Waals surface area contributed by atoms with E-state index in [4.69, 9.17) is 15.7 Å². The number of nitrogens with two attached hydrogens (primary N) is 1. The highest BCUT2D eigenvalue weighted by molar-refractivity contribution is 6.11. The first-order chi connectivity index (χ1) is 15.5. The lowest BCUT2D eigenvalue weighted by Crippen LogP contribution is -2.32. The van der Waals surface area contributed by atoms with Crippen LogP contribution in [0, 0.1) is 0 Å². The number of para-hydroxylation sites is 2. The Balaban J connectivity index is 1.92. The van der Waals surface area contributed by atoms with Crippen LogP contribution in [0.3, 0.4) is 0 Å². The van der Waals surface area contributed by atoms with Crippen molar-refractivity contribution in [3.05, 3.63) is 54.1 Å². The number of carbonyl (C=O) groups is 1. The number of carbonyl (C=O) groups excluding carboxylic acids is 1. The average Bonchev–Trinajstić information content (AvgIpc) is 3.09. The molecule has 0 aliphatic carbocycles. The molecule has 0 radical (unpaired) electrons. The number of hydrogen-bond donors (Lipinski definition) is 2. The maximum absolute atomic E-state index is 13.2. The first-order valence-corrected chi connectivity index (χ1v) is 11.2. The van der Waals surface area contributed by atoms with Gasteiger partial charge in [0.2, 0.25) is 0 Å². The molecule has 0 saturated heterocycles. The maximum atomic E-state index is 13.2. The third-order valence-electron chi connectivity index (χ3n) is 5.95. The number of nitrogens with one attached hydrogen (secondary N) is 1. The number of nitrogens with zero attached hydrogens (tertiary/aromatic N) is 4. The molecule has 4 rings (SSSR count). The fourth-order valence-electron chi connectivity index (χ4n) is 3.95. The van der Waals surface area contributed by atoms with Crippen LogP contribution in [0.15, 0.2) is 48.5 Å². The summed E-state index contributed by atoms with van der Waals surface area (Å²) < 4.78 is 1.83. The molecule has 2 aromatic carbocycles. The molecule has 7 nitrogen and oxygen atoms in total. The average molecular weight is 431 g/mol. The Morgan fingerprint density at radius 1 is 1.03 bits per heavy atom. The lowest BCUT2D eigenvalue weighted by Gasteiger charge is -2.21. The molecule has 1 amide bonds. The number of benzene rings is 2. The van der Waals surface area contributed by atoms with Gasteiger partial charge in [0.05, 0.1) is 11.0 Å². The van der Waals surface area contributed by atoms with Crippen LogP contribution in [0.25, 0.3) is 27.9 Å². The number of aromatic nitrogens is 3. The molecule has 2 heterocycles. The van der Waals surface area contributed by atoms with Gasteiger partial charge < -0.3 is 16.0 Å². The van der Waals surface area contributed by atoms with Crippen molar-refractivity contribution in [2.45, 2.75) is 40.2 Å². The largest absolute Gasteiger partial charge is 0.384 e. The van der Waals surface area contributed by atoms with Gasteiger partial charge in [0.15, 0.2) is 5.65 Å². The van der Waals surface area contributed by atoms with E-state index in [1.165, 1.54) is 0 Å². The number of nitrogen functional groups attached to an aromatic ring is 1. The quantitative estimate of drug-likeness (QED) is 0.450. The number of hydrogen-bond acceptors (Lipinski definition) is 5. The molecular weight excluding hydrogens is 400 g/mol. The molecule has 3 N–H and O–H groups in total. The van der Waals surface area contributed by atoms with E-state index >= 15 is 0 Å². The van der Waals surface area contributed by atoms with Crippen molar-refractivity contribution in [2.75, 3.05) is 23.7 Å². The van der Waals surface area contributed by atoms with E-state index in [2.05, 4.69) is 36.2 Å². The maximum Gasteiger partial charge on any atom is 0.257 e. The first-order valence-electron chi connectivity index (χ1n) is 11.2. The van der Waals surface area contributed by atoms with Crippen LogP contribution in [0.4, 0.5) is 11.5 Å². The van der Waals surface area contributed by atoms with Gasteiger partial charge in [-0.2, -0.15) is 0 Å². The number of amides is 1. The van der Waals surface area contributed by atoms with Crippen molar-refractivity contribution in [3.8, 4) is 5.69 Å². The zero-order valence-electron chi connectivity index (χ0n) is 19.1. The molecule has 0 fully saturated rings. The van der Waals surface area contributed by atoms with E-state index in [9.17, 15) is 4.79 Å². The lowest BCUT2D eigenvalue weighted by atomic mass is 10.2. The highest BCUT2D eigenvalue weighted by Gasteiger charge is 2.25. The van der Waals surface area contributed by atoms with E-state index in [0.29, 0.717) is 22.5 Å². The normalized spacial score (nSPS) is 12.2. The van der Waals surface area contributed by atoms with Gasteiger partial charge in [-0.05, 0) is 63.6 Å². The second-order valence-electron chi connectivity index (χ2n) is 7.95. The summed E-state index contributed by atoms with van der Waals surface area (Å²) >= 11 is 0. The molecule has 0 aliphatic rings. The van der Waals surface area contributed by atoms with Gasteiger partial charge in [-0.25, -0.2) is 9.97 Å². The topological polar surface area (TPSA) is 89.1 Å². The Hall–Kier alpha value is -3.61. The van der Waals surface area contributed by atoms with Gasteiger partial charge >= 0.3 is 0 Å². The fraction of sp³-hybridized carbons (Fsp3) is 0.320. The zero-order chi connectivity index (χ0) is 22.8.